The van der Waals surface area contributed by atoms with E-state index in [0.29, 0.717) is 24.1 Å². The molecule has 0 radical (unpaired) electrons. The van der Waals surface area contributed by atoms with E-state index in [-0.39, 0.29) is 24.0 Å². The molecule has 2 rings (SSSR count). The number of nitrogens with zero attached hydrogens (tertiary/aromatic N) is 1. The summed E-state index contributed by atoms with van der Waals surface area (Å²) in [6.07, 6.45) is -0.608. The number of aliphatic hydroxyl groups excluding tert-OH is 1. The Morgan fingerprint density at radius 1 is 1.26 bits per heavy atom. The van der Waals surface area contributed by atoms with Crippen LogP contribution in [-0.4, -0.2) is 24.2 Å². The van der Waals surface area contributed by atoms with E-state index in [9.17, 15) is 5.11 Å². The van der Waals surface area contributed by atoms with E-state index in [4.69, 9.17) is 11.6 Å². The summed E-state index contributed by atoms with van der Waals surface area (Å²) >= 11 is 7.53. The van der Waals surface area contributed by atoms with Crippen LogP contribution in [0.4, 0.5) is 0 Å². The van der Waals surface area contributed by atoms with Gasteiger partial charge in [0.25, 0.3) is 0 Å². The van der Waals surface area contributed by atoms with Gasteiger partial charge >= 0.3 is 0 Å². The third kappa shape index (κ3) is 7.07. The molecule has 0 aliphatic heterocycles. The molecule has 0 aliphatic rings. The zero-order chi connectivity index (χ0) is 15.8. The fraction of sp³-hybridized carbons (Fsp3) is 0.312. The van der Waals surface area contributed by atoms with Crippen molar-refractivity contribution in [2.45, 2.75) is 19.6 Å². The smallest absolute Gasteiger partial charge is 0.191 e. The fourth-order valence-electron chi connectivity index (χ4n) is 1.90. The predicted octanol–water partition coefficient (Wildman–Crippen LogP) is 3.81. The summed E-state index contributed by atoms with van der Waals surface area (Å²) in [6, 6.07) is 11.3. The zero-order valence-corrected chi connectivity index (χ0v) is 16.7. The molecule has 3 N–H and O–H groups in total. The highest BCUT2D eigenvalue weighted by molar-refractivity contribution is 14.0. The topological polar surface area (TPSA) is 56.7 Å². The minimum absolute atomic E-state index is 0. The lowest BCUT2D eigenvalue weighted by atomic mass is 10.1. The third-order valence-corrected chi connectivity index (χ3v) is 4.15. The predicted molar refractivity (Wildman–Crippen MR) is 109 cm³/mol. The van der Waals surface area contributed by atoms with Crippen molar-refractivity contribution in [3.63, 3.8) is 0 Å². The van der Waals surface area contributed by atoms with Crippen LogP contribution < -0.4 is 10.6 Å². The quantitative estimate of drug-likeness (QED) is 0.345. The number of thiophene rings is 1. The molecule has 0 saturated carbocycles. The molecule has 0 amide bonds. The normalized spacial score (nSPS) is 12.4. The number of rotatable bonds is 6. The summed E-state index contributed by atoms with van der Waals surface area (Å²) in [5.74, 6) is 0.698. The van der Waals surface area contributed by atoms with E-state index in [1.54, 1.807) is 23.5 Å². The molecule has 2 aromatic rings. The summed E-state index contributed by atoms with van der Waals surface area (Å²) in [5.41, 5.74) is 0.825. The molecule has 23 heavy (non-hydrogen) atoms. The molecule has 4 nitrogen and oxygen atoms in total. The van der Waals surface area contributed by atoms with Crippen LogP contribution in [0.2, 0.25) is 5.02 Å². The van der Waals surface area contributed by atoms with Crippen molar-refractivity contribution < 1.29 is 5.11 Å². The monoisotopic (exact) mass is 465 g/mol. The highest BCUT2D eigenvalue weighted by Crippen LogP contribution is 2.15. The maximum Gasteiger partial charge on any atom is 0.191 e. The summed E-state index contributed by atoms with van der Waals surface area (Å²) in [4.78, 5) is 5.71. The van der Waals surface area contributed by atoms with Crippen molar-refractivity contribution in [3.05, 3.63) is 57.2 Å². The summed E-state index contributed by atoms with van der Waals surface area (Å²) in [6.45, 7) is 3.80. The van der Waals surface area contributed by atoms with Crippen LogP contribution in [0.15, 0.2) is 46.8 Å². The van der Waals surface area contributed by atoms with Crippen molar-refractivity contribution in [1.29, 1.82) is 0 Å². The van der Waals surface area contributed by atoms with Gasteiger partial charge in [-0.05, 0) is 36.1 Å². The van der Waals surface area contributed by atoms with Crippen molar-refractivity contribution in [2.75, 3.05) is 13.1 Å². The molecule has 0 saturated heterocycles. The van der Waals surface area contributed by atoms with Crippen LogP contribution in [-0.2, 0) is 6.54 Å². The number of guanidine groups is 1. The van der Waals surface area contributed by atoms with Gasteiger partial charge in [0.15, 0.2) is 5.96 Å². The van der Waals surface area contributed by atoms with Gasteiger partial charge in [-0.25, -0.2) is 4.99 Å². The lowest BCUT2D eigenvalue weighted by Gasteiger charge is -2.15. The molecule has 0 bridgehead atoms. The van der Waals surface area contributed by atoms with Crippen molar-refractivity contribution in [1.82, 2.24) is 10.6 Å². The molecule has 0 fully saturated rings. The largest absolute Gasteiger partial charge is 0.387 e. The molecule has 1 unspecified atom stereocenters. The maximum absolute atomic E-state index is 10.2. The SMILES string of the molecule is CCNC(=NCc1cccs1)NCC(O)c1ccc(Cl)cc1.I. The first-order valence-corrected chi connectivity index (χ1v) is 8.43. The lowest BCUT2D eigenvalue weighted by molar-refractivity contribution is 0.181. The van der Waals surface area contributed by atoms with E-state index in [2.05, 4.69) is 21.7 Å². The Morgan fingerprint density at radius 3 is 2.61 bits per heavy atom. The summed E-state index contributed by atoms with van der Waals surface area (Å²) in [5, 5.41) is 19.2. The molecule has 1 aromatic heterocycles. The van der Waals surface area contributed by atoms with E-state index in [1.807, 2.05) is 30.5 Å². The van der Waals surface area contributed by atoms with Gasteiger partial charge in [0.2, 0.25) is 0 Å². The molecule has 0 aliphatic carbocycles. The lowest BCUT2D eigenvalue weighted by Crippen LogP contribution is -2.39. The first kappa shape index (κ1) is 20.2. The maximum atomic E-state index is 10.2. The van der Waals surface area contributed by atoms with Crippen LogP contribution in [0.5, 0.6) is 0 Å². The number of hydrogen-bond acceptors (Lipinski definition) is 3. The second-order valence-electron chi connectivity index (χ2n) is 4.72. The number of aliphatic hydroxyl groups is 1. The molecule has 7 heteroatoms. The number of aliphatic imine (C=N–C) groups is 1. The van der Waals surface area contributed by atoms with Gasteiger partial charge in [-0.1, -0.05) is 29.8 Å². The molecular formula is C16H21ClIN3OS. The van der Waals surface area contributed by atoms with Crippen LogP contribution in [0.1, 0.15) is 23.5 Å². The average Bonchev–Trinajstić information content (AvgIpc) is 3.04. The Morgan fingerprint density at radius 2 is 2.00 bits per heavy atom. The molecule has 1 heterocycles. The summed E-state index contributed by atoms with van der Waals surface area (Å²) in [7, 11) is 0. The van der Waals surface area contributed by atoms with Gasteiger partial charge < -0.3 is 15.7 Å². The molecular weight excluding hydrogens is 445 g/mol. The van der Waals surface area contributed by atoms with Crippen molar-refractivity contribution in [2.24, 2.45) is 4.99 Å². The molecule has 1 atom stereocenters. The number of hydrogen-bond donors (Lipinski definition) is 3. The second-order valence-corrected chi connectivity index (χ2v) is 6.19. The average molecular weight is 466 g/mol. The minimum Gasteiger partial charge on any atom is -0.387 e. The Labute approximate surface area is 163 Å². The first-order valence-electron chi connectivity index (χ1n) is 7.17. The van der Waals surface area contributed by atoms with Crippen LogP contribution in [0, 0.1) is 0 Å². The molecule has 126 valence electrons. The third-order valence-electron chi connectivity index (χ3n) is 3.03. The van der Waals surface area contributed by atoms with Gasteiger partial charge in [-0.2, -0.15) is 0 Å². The van der Waals surface area contributed by atoms with Crippen LogP contribution in [0.25, 0.3) is 0 Å². The Balaban J connectivity index is 0.00000264. The number of nitrogens with one attached hydrogen (secondary N) is 2. The van der Waals surface area contributed by atoms with Gasteiger partial charge in [0.1, 0.15) is 0 Å². The Kier molecular flexibility index (Phi) is 9.54. The fourth-order valence-corrected chi connectivity index (χ4v) is 2.65. The minimum atomic E-state index is -0.608. The second kappa shape index (κ2) is 10.9. The zero-order valence-electron chi connectivity index (χ0n) is 12.8. The van der Waals surface area contributed by atoms with Crippen molar-refractivity contribution >= 4 is 52.9 Å². The Bertz CT molecular complexity index is 590. The molecule has 0 spiro atoms. The Hall–Kier alpha value is -0.830. The van der Waals surface area contributed by atoms with E-state index < -0.39 is 6.10 Å². The van der Waals surface area contributed by atoms with Gasteiger partial charge in [-0.3, -0.25) is 0 Å². The van der Waals surface area contributed by atoms with E-state index in [1.165, 1.54) is 4.88 Å². The summed E-state index contributed by atoms with van der Waals surface area (Å²) < 4.78 is 0. The number of benzene rings is 1. The first-order chi connectivity index (χ1) is 10.7. The van der Waals surface area contributed by atoms with E-state index in [0.717, 1.165) is 12.1 Å². The highest BCUT2D eigenvalue weighted by atomic mass is 127. The van der Waals surface area contributed by atoms with Crippen molar-refractivity contribution in [3.8, 4) is 0 Å². The van der Waals surface area contributed by atoms with Gasteiger partial charge in [0.05, 0.1) is 12.6 Å². The standard InChI is InChI=1S/C16H20ClN3OS.HI/c1-2-18-16(19-10-14-4-3-9-22-14)20-11-15(21)12-5-7-13(17)8-6-12;/h3-9,15,21H,2,10-11H2,1H3,(H2,18,19,20);1H. The van der Waals surface area contributed by atoms with Crippen LogP contribution in [0.3, 0.4) is 0 Å². The van der Waals surface area contributed by atoms with Gasteiger partial charge in [0, 0.05) is 23.0 Å². The van der Waals surface area contributed by atoms with Gasteiger partial charge in [-0.15, -0.1) is 35.3 Å². The molecule has 1 aromatic carbocycles. The van der Waals surface area contributed by atoms with Crippen LogP contribution >= 0.6 is 46.9 Å². The van der Waals surface area contributed by atoms with E-state index >= 15 is 0 Å². The number of halogens is 2. The highest BCUT2D eigenvalue weighted by Gasteiger charge is 2.08.